The molecule has 0 bridgehead atoms. The topological polar surface area (TPSA) is 58.0 Å². The molecule has 0 N–H and O–H groups in total. The fourth-order valence-electron chi connectivity index (χ4n) is 3.79. The number of amides is 1. The molecule has 1 aromatic carbocycles. The smallest absolute Gasteiger partial charge is 0.266 e. The third kappa shape index (κ3) is 4.52. The molecule has 0 unspecified atom stereocenters. The Bertz CT molecular complexity index is 1130. The van der Waals surface area contributed by atoms with Crippen molar-refractivity contribution in [2.45, 2.75) is 20.8 Å². The zero-order valence-electron chi connectivity index (χ0n) is 18.6. The first-order valence-electron chi connectivity index (χ1n) is 10.9. The lowest BCUT2D eigenvalue weighted by Crippen LogP contribution is -2.35. The van der Waals surface area contributed by atoms with Crippen molar-refractivity contribution in [3.8, 4) is 11.3 Å². The molecule has 1 amide bonds. The summed E-state index contributed by atoms with van der Waals surface area (Å²) in [5.74, 6) is -0.315. The summed E-state index contributed by atoms with van der Waals surface area (Å²) in [7, 11) is 0. The van der Waals surface area contributed by atoms with Crippen molar-refractivity contribution in [3.63, 3.8) is 0 Å². The van der Waals surface area contributed by atoms with Crippen LogP contribution in [0.5, 0.6) is 0 Å². The van der Waals surface area contributed by atoms with Crippen LogP contribution in [0, 0.1) is 12.7 Å². The van der Waals surface area contributed by atoms with E-state index in [1.807, 2.05) is 33.2 Å². The van der Waals surface area contributed by atoms with Gasteiger partial charge in [-0.25, -0.2) is 14.4 Å². The van der Waals surface area contributed by atoms with Crippen LogP contribution < -0.4 is 0 Å². The number of ether oxygens (including phenoxy) is 1. The molecule has 8 heteroatoms. The predicted octanol–water partition coefficient (Wildman–Crippen LogP) is 4.88. The van der Waals surface area contributed by atoms with E-state index < -0.39 is 0 Å². The largest absolute Gasteiger partial charge is 0.378 e. The van der Waals surface area contributed by atoms with E-state index in [-0.39, 0.29) is 11.7 Å². The number of pyridine rings is 1. The van der Waals surface area contributed by atoms with Gasteiger partial charge in [-0.2, -0.15) is 0 Å². The van der Waals surface area contributed by atoms with Crippen molar-refractivity contribution in [1.29, 1.82) is 0 Å². The van der Waals surface area contributed by atoms with Gasteiger partial charge in [-0.05, 0) is 56.7 Å². The van der Waals surface area contributed by atoms with E-state index in [9.17, 15) is 9.18 Å². The number of carbonyl (C=O) groups excluding carboxylic acids is 1. The second-order valence-electron chi connectivity index (χ2n) is 7.66. The fourth-order valence-corrected chi connectivity index (χ4v) is 4.95. The molecule has 0 aliphatic carbocycles. The average Bonchev–Trinajstić information content (AvgIpc) is 3.18. The highest BCUT2D eigenvalue weighted by molar-refractivity contribution is 7.21. The van der Waals surface area contributed by atoms with E-state index in [0.29, 0.717) is 36.9 Å². The normalized spacial score (nSPS) is 14.4. The molecule has 0 atom stereocenters. The summed E-state index contributed by atoms with van der Waals surface area (Å²) in [4.78, 5) is 28.2. The minimum atomic E-state index is -0.283. The molecule has 2 aromatic heterocycles. The van der Waals surface area contributed by atoms with Crippen LogP contribution in [0.15, 0.2) is 35.3 Å². The number of halogens is 1. The molecule has 0 saturated carbocycles. The number of hydrogen-bond acceptors (Lipinski definition) is 5. The van der Waals surface area contributed by atoms with E-state index in [1.165, 1.54) is 23.5 Å². The Morgan fingerprint density at radius 2 is 1.94 bits per heavy atom. The SMILES string of the molecule is CCN(CC)C(=O)c1sc2nc(-c3ccc(F)cc3)cc(C)c2c1N=CN1CCOCC1. The zero-order valence-corrected chi connectivity index (χ0v) is 19.4. The molecule has 6 nitrogen and oxygen atoms in total. The molecule has 1 aliphatic rings. The second kappa shape index (κ2) is 9.75. The number of aryl methyl sites for hydroxylation is 1. The first kappa shape index (κ1) is 22.4. The number of morpholine rings is 1. The highest BCUT2D eigenvalue weighted by Crippen LogP contribution is 2.41. The maximum absolute atomic E-state index is 13.4. The summed E-state index contributed by atoms with van der Waals surface area (Å²) in [6.07, 6.45) is 1.82. The van der Waals surface area contributed by atoms with Gasteiger partial charge in [-0.15, -0.1) is 11.3 Å². The van der Waals surface area contributed by atoms with Crippen LogP contribution in [0.4, 0.5) is 10.1 Å². The summed E-state index contributed by atoms with van der Waals surface area (Å²) in [6, 6.07) is 8.27. The van der Waals surface area contributed by atoms with Gasteiger partial charge in [0.15, 0.2) is 0 Å². The third-order valence-electron chi connectivity index (χ3n) is 5.61. The van der Waals surface area contributed by atoms with Crippen LogP contribution in [0.25, 0.3) is 21.5 Å². The van der Waals surface area contributed by atoms with Crippen molar-refractivity contribution in [2.75, 3.05) is 39.4 Å². The van der Waals surface area contributed by atoms with Gasteiger partial charge in [0.2, 0.25) is 0 Å². The molecule has 4 rings (SSSR count). The monoisotopic (exact) mass is 454 g/mol. The van der Waals surface area contributed by atoms with Crippen LogP contribution in [-0.4, -0.2) is 66.4 Å². The van der Waals surface area contributed by atoms with E-state index in [2.05, 4.69) is 4.90 Å². The number of rotatable bonds is 6. The number of thiophene rings is 1. The highest BCUT2D eigenvalue weighted by Gasteiger charge is 2.24. The summed E-state index contributed by atoms with van der Waals surface area (Å²) in [5.41, 5.74) is 3.24. The zero-order chi connectivity index (χ0) is 22.7. The van der Waals surface area contributed by atoms with Crippen LogP contribution in [-0.2, 0) is 4.74 Å². The number of aromatic nitrogens is 1. The lowest BCUT2D eigenvalue weighted by Gasteiger charge is -2.24. The van der Waals surface area contributed by atoms with Crippen molar-refractivity contribution in [2.24, 2.45) is 4.99 Å². The van der Waals surface area contributed by atoms with Crippen LogP contribution in [0.3, 0.4) is 0 Å². The van der Waals surface area contributed by atoms with E-state index in [4.69, 9.17) is 14.7 Å². The molecule has 1 aliphatic heterocycles. The number of nitrogens with zero attached hydrogens (tertiary/aromatic N) is 4. The minimum absolute atomic E-state index is 0.0325. The van der Waals surface area contributed by atoms with E-state index in [0.717, 1.165) is 40.1 Å². The Morgan fingerprint density at radius 3 is 2.59 bits per heavy atom. The van der Waals surface area contributed by atoms with Gasteiger partial charge < -0.3 is 14.5 Å². The van der Waals surface area contributed by atoms with Gasteiger partial charge in [-0.1, -0.05) is 0 Å². The number of benzene rings is 1. The maximum atomic E-state index is 13.4. The molecule has 0 radical (unpaired) electrons. The van der Waals surface area contributed by atoms with Gasteiger partial charge in [-0.3, -0.25) is 4.79 Å². The lowest BCUT2D eigenvalue weighted by molar-refractivity contribution is 0.0700. The summed E-state index contributed by atoms with van der Waals surface area (Å²) in [6.45, 7) is 10.1. The van der Waals surface area contributed by atoms with E-state index in [1.54, 1.807) is 17.0 Å². The standard InChI is InChI=1S/C24H27FN4O2S/c1-4-29(5-2)24(30)22-21(26-15-28-10-12-31-13-11-28)20-16(3)14-19(27-23(20)32-22)17-6-8-18(25)9-7-17/h6-9,14-15H,4-5,10-13H2,1-3H3. The van der Waals surface area contributed by atoms with Gasteiger partial charge in [0.05, 0.1) is 30.9 Å². The minimum Gasteiger partial charge on any atom is -0.378 e. The van der Waals surface area contributed by atoms with Crippen molar-refractivity contribution in [3.05, 3.63) is 46.6 Å². The van der Waals surface area contributed by atoms with Crippen LogP contribution in [0.1, 0.15) is 29.1 Å². The molecule has 32 heavy (non-hydrogen) atoms. The molecular formula is C24H27FN4O2S. The van der Waals surface area contributed by atoms with Gasteiger partial charge >= 0.3 is 0 Å². The van der Waals surface area contributed by atoms with Gasteiger partial charge in [0.25, 0.3) is 5.91 Å². The Morgan fingerprint density at radius 1 is 1.25 bits per heavy atom. The Labute approximate surface area is 191 Å². The maximum Gasteiger partial charge on any atom is 0.266 e. The average molecular weight is 455 g/mol. The van der Waals surface area contributed by atoms with Crippen molar-refractivity contribution < 1.29 is 13.9 Å². The molecule has 1 saturated heterocycles. The summed E-state index contributed by atoms with van der Waals surface area (Å²) < 4.78 is 18.8. The Hall–Kier alpha value is -2.84. The van der Waals surface area contributed by atoms with Crippen molar-refractivity contribution >= 4 is 39.5 Å². The lowest BCUT2D eigenvalue weighted by atomic mass is 10.1. The van der Waals surface area contributed by atoms with Crippen molar-refractivity contribution in [1.82, 2.24) is 14.8 Å². The first-order valence-corrected chi connectivity index (χ1v) is 11.7. The number of fused-ring (bicyclic) bond motifs is 1. The second-order valence-corrected chi connectivity index (χ2v) is 8.66. The van der Waals surface area contributed by atoms with Crippen LogP contribution >= 0.6 is 11.3 Å². The van der Waals surface area contributed by atoms with Gasteiger partial charge in [0.1, 0.15) is 15.5 Å². The highest BCUT2D eigenvalue weighted by atomic mass is 32.1. The number of hydrogen-bond donors (Lipinski definition) is 0. The molecule has 0 spiro atoms. The fraction of sp³-hybridized carbons (Fsp3) is 0.375. The first-order chi connectivity index (χ1) is 15.5. The molecule has 3 aromatic rings. The summed E-state index contributed by atoms with van der Waals surface area (Å²) in [5, 5.41) is 0.890. The molecular weight excluding hydrogens is 427 g/mol. The predicted molar refractivity (Wildman–Crippen MR) is 128 cm³/mol. The molecule has 168 valence electrons. The Balaban J connectivity index is 1.83. The van der Waals surface area contributed by atoms with Gasteiger partial charge in [0, 0.05) is 37.1 Å². The van der Waals surface area contributed by atoms with Crippen LogP contribution in [0.2, 0.25) is 0 Å². The summed E-state index contributed by atoms with van der Waals surface area (Å²) >= 11 is 1.37. The molecule has 3 heterocycles. The quantitative estimate of drug-likeness (QED) is 0.393. The number of aliphatic imine (C=N–C) groups is 1. The number of carbonyl (C=O) groups is 1. The third-order valence-corrected chi connectivity index (χ3v) is 6.68. The van der Waals surface area contributed by atoms with E-state index >= 15 is 0 Å². The molecule has 1 fully saturated rings. The Kier molecular flexibility index (Phi) is 6.81.